The molecule has 0 amide bonds. The summed E-state index contributed by atoms with van der Waals surface area (Å²) in [6, 6.07) is 20.0. The minimum atomic E-state index is -0.960. The third-order valence-corrected chi connectivity index (χ3v) is 8.41. The number of rotatable bonds is 16. The predicted octanol–water partition coefficient (Wildman–Crippen LogP) is 5.94. The van der Waals surface area contributed by atoms with Crippen LogP contribution >= 0.6 is 0 Å². The first-order valence-electron chi connectivity index (χ1n) is 12.0. The van der Waals surface area contributed by atoms with Crippen molar-refractivity contribution >= 4 is 23.1 Å². The van der Waals surface area contributed by atoms with E-state index in [1.165, 1.54) is 0 Å². The van der Waals surface area contributed by atoms with Crippen LogP contribution in [0.1, 0.15) is 76.3 Å². The molecule has 2 unspecified atom stereocenters. The Morgan fingerprint density at radius 2 is 1.06 bits per heavy atom. The average molecular weight is 487 g/mol. The Balaban J connectivity index is 1.88. The molecule has 34 heavy (non-hydrogen) atoms. The summed E-state index contributed by atoms with van der Waals surface area (Å²) < 4.78 is 12.7. The molecule has 6 heteroatoms. The Labute approximate surface area is 206 Å². The third kappa shape index (κ3) is 9.15. The van der Waals surface area contributed by atoms with Gasteiger partial charge in [-0.1, -0.05) is 85.7 Å². The molecule has 186 valence electrons. The van der Waals surface area contributed by atoms with Crippen molar-refractivity contribution in [3.63, 3.8) is 0 Å². The van der Waals surface area contributed by atoms with Crippen LogP contribution in [0.2, 0.25) is 0 Å². The van der Waals surface area contributed by atoms with Crippen LogP contribution in [0.25, 0.3) is 0 Å². The van der Waals surface area contributed by atoms with Gasteiger partial charge in [0.15, 0.2) is 0 Å². The molecule has 0 aliphatic rings. The first-order chi connectivity index (χ1) is 16.1. The van der Waals surface area contributed by atoms with Gasteiger partial charge < -0.3 is 14.8 Å². The average Bonchev–Trinajstić information content (AvgIpc) is 2.82. The zero-order valence-electron chi connectivity index (χ0n) is 20.4. The lowest BCUT2D eigenvalue weighted by molar-refractivity contribution is -0.138. The monoisotopic (exact) mass is 486 g/mol. The summed E-state index contributed by atoms with van der Waals surface area (Å²) in [5.74, 6) is -0.413. The number of carboxylic acids is 2. The van der Waals surface area contributed by atoms with Gasteiger partial charge >= 0.3 is 11.9 Å². The van der Waals surface area contributed by atoms with Crippen molar-refractivity contribution in [2.75, 3.05) is 11.5 Å². The fourth-order valence-electron chi connectivity index (χ4n) is 4.62. The van der Waals surface area contributed by atoms with Crippen LogP contribution in [0.15, 0.2) is 60.7 Å². The van der Waals surface area contributed by atoms with E-state index in [0.29, 0.717) is 24.3 Å². The minimum absolute atomic E-state index is 0.114. The van der Waals surface area contributed by atoms with Crippen molar-refractivity contribution in [3.8, 4) is 0 Å². The number of carbonyl (C=O) groups is 2. The molecule has 5 nitrogen and oxygen atoms in total. The van der Waals surface area contributed by atoms with Crippen LogP contribution in [0.3, 0.4) is 0 Å². The summed E-state index contributed by atoms with van der Waals surface area (Å²) in [7, 11) is 0. The predicted molar refractivity (Wildman–Crippen MR) is 138 cm³/mol. The van der Waals surface area contributed by atoms with E-state index in [0.717, 1.165) is 36.8 Å². The zero-order chi connectivity index (χ0) is 25.0. The number of aliphatic carboxylic acids is 2. The van der Waals surface area contributed by atoms with Crippen LogP contribution < -0.4 is 0 Å². The SMILES string of the molecule is CC(CCC[S+]([O-])CCCC(C)(CCC(=O)O)c1ccccc1)(CCC(=O)O)c1ccccc1. The van der Waals surface area contributed by atoms with Gasteiger partial charge in [-0.05, 0) is 60.5 Å². The maximum Gasteiger partial charge on any atom is 0.303 e. The molecule has 2 atom stereocenters. The highest BCUT2D eigenvalue weighted by atomic mass is 32.2. The lowest BCUT2D eigenvalue weighted by Gasteiger charge is -2.31. The van der Waals surface area contributed by atoms with Crippen molar-refractivity contribution in [1.29, 1.82) is 0 Å². The molecule has 0 bridgehead atoms. The van der Waals surface area contributed by atoms with E-state index in [4.69, 9.17) is 10.2 Å². The number of benzene rings is 2. The van der Waals surface area contributed by atoms with Gasteiger partial charge in [-0.3, -0.25) is 9.59 Å². The molecule has 0 aliphatic carbocycles. The smallest absolute Gasteiger partial charge is 0.303 e. The van der Waals surface area contributed by atoms with Crippen molar-refractivity contribution in [1.82, 2.24) is 0 Å². The normalized spacial score (nSPS) is 15.7. The highest BCUT2D eigenvalue weighted by molar-refractivity contribution is 7.91. The molecular formula is C28H38O5S. The van der Waals surface area contributed by atoms with Crippen LogP contribution in [0.5, 0.6) is 0 Å². The second kappa shape index (κ2) is 13.5. The molecule has 2 aromatic rings. The highest BCUT2D eigenvalue weighted by Gasteiger charge is 2.29. The van der Waals surface area contributed by atoms with Crippen LogP contribution in [-0.2, 0) is 31.6 Å². The molecule has 0 spiro atoms. The van der Waals surface area contributed by atoms with Crippen molar-refractivity contribution in [2.45, 2.75) is 76.0 Å². The summed E-state index contributed by atoms with van der Waals surface area (Å²) in [5.41, 5.74) is 1.73. The molecule has 0 saturated heterocycles. The molecular weight excluding hydrogens is 448 g/mol. The number of hydrogen-bond acceptors (Lipinski definition) is 3. The van der Waals surface area contributed by atoms with E-state index in [2.05, 4.69) is 13.8 Å². The van der Waals surface area contributed by atoms with Gasteiger partial charge in [0.25, 0.3) is 0 Å². The van der Waals surface area contributed by atoms with Crippen LogP contribution in [-0.4, -0.2) is 38.2 Å². The zero-order valence-corrected chi connectivity index (χ0v) is 21.2. The summed E-state index contributed by atoms with van der Waals surface area (Å²) >= 11 is -0.960. The molecule has 0 fully saturated rings. The molecule has 0 aromatic heterocycles. The van der Waals surface area contributed by atoms with Crippen molar-refractivity contribution in [3.05, 3.63) is 71.8 Å². The summed E-state index contributed by atoms with van der Waals surface area (Å²) in [6.07, 6.45) is 4.45. The lowest BCUT2D eigenvalue weighted by Crippen LogP contribution is -2.26. The van der Waals surface area contributed by atoms with Gasteiger partial charge in [-0.25, -0.2) is 0 Å². The Hall–Kier alpha value is -2.31. The highest BCUT2D eigenvalue weighted by Crippen LogP contribution is 2.35. The van der Waals surface area contributed by atoms with E-state index in [1.54, 1.807) is 0 Å². The Kier molecular flexibility index (Phi) is 11.1. The second-order valence-corrected chi connectivity index (χ2v) is 11.4. The van der Waals surface area contributed by atoms with Crippen LogP contribution in [0.4, 0.5) is 0 Å². The summed E-state index contributed by atoms with van der Waals surface area (Å²) in [5, 5.41) is 18.3. The topological polar surface area (TPSA) is 97.7 Å². The number of hydrogen-bond donors (Lipinski definition) is 2. The Morgan fingerprint density at radius 3 is 1.38 bits per heavy atom. The minimum Gasteiger partial charge on any atom is -0.616 e. The maximum atomic E-state index is 12.7. The molecule has 2 N–H and O–H groups in total. The molecule has 0 radical (unpaired) electrons. The molecule has 0 heterocycles. The maximum absolute atomic E-state index is 12.7. The fraction of sp³-hybridized carbons (Fsp3) is 0.500. The first kappa shape index (κ1) is 27.9. The van der Waals surface area contributed by atoms with Gasteiger partial charge in [-0.15, -0.1) is 0 Å². The standard InChI is InChI=1S/C28H38O5S/c1-27(19-15-25(29)30,23-11-5-3-6-12-23)17-9-21-34(33)22-10-18-28(2,20-16-26(31)32)24-13-7-4-8-14-24/h3-8,11-14H,9-10,15-22H2,1-2H3,(H,29,30)(H,31,32). The van der Waals surface area contributed by atoms with Crippen LogP contribution in [0, 0.1) is 0 Å². The van der Waals surface area contributed by atoms with Gasteiger partial charge in [0.1, 0.15) is 11.5 Å². The van der Waals surface area contributed by atoms with Gasteiger partial charge in [0.2, 0.25) is 0 Å². The number of carboxylic acid groups (broad SMARTS) is 2. The fourth-order valence-corrected chi connectivity index (χ4v) is 5.76. The molecule has 2 aromatic carbocycles. The van der Waals surface area contributed by atoms with E-state index >= 15 is 0 Å². The summed E-state index contributed by atoms with van der Waals surface area (Å²) in [4.78, 5) is 22.3. The van der Waals surface area contributed by atoms with E-state index in [-0.39, 0.29) is 23.7 Å². The van der Waals surface area contributed by atoms with E-state index < -0.39 is 23.1 Å². The molecule has 2 rings (SSSR count). The Bertz CT molecular complexity index is 815. The first-order valence-corrected chi connectivity index (χ1v) is 13.5. The Morgan fingerprint density at radius 1 is 0.706 bits per heavy atom. The third-order valence-electron chi connectivity index (χ3n) is 6.92. The van der Waals surface area contributed by atoms with Gasteiger partial charge in [-0.2, -0.15) is 0 Å². The van der Waals surface area contributed by atoms with E-state index in [1.807, 2.05) is 60.7 Å². The largest absolute Gasteiger partial charge is 0.616 e. The quantitative estimate of drug-likeness (QED) is 0.286. The molecule has 0 saturated carbocycles. The van der Waals surface area contributed by atoms with Gasteiger partial charge in [0.05, 0.1) is 0 Å². The molecule has 0 aliphatic heterocycles. The summed E-state index contributed by atoms with van der Waals surface area (Å²) in [6.45, 7) is 4.20. The lowest BCUT2D eigenvalue weighted by atomic mass is 9.75. The van der Waals surface area contributed by atoms with Gasteiger partial charge in [0, 0.05) is 12.8 Å². The van der Waals surface area contributed by atoms with Crippen molar-refractivity contribution in [2.24, 2.45) is 0 Å². The van der Waals surface area contributed by atoms with Crippen molar-refractivity contribution < 1.29 is 24.4 Å². The second-order valence-electron chi connectivity index (χ2n) is 9.70. The van der Waals surface area contributed by atoms with E-state index in [9.17, 15) is 14.1 Å².